The Hall–Kier alpha value is -3.10. The second-order valence-electron chi connectivity index (χ2n) is 9.70. The van der Waals surface area contributed by atoms with E-state index in [-0.39, 0.29) is 27.9 Å². The summed E-state index contributed by atoms with van der Waals surface area (Å²) in [6.07, 6.45) is 5.80. The van der Waals surface area contributed by atoms with Gasteiger partial charge < -0.3 is 15.4 Å². The summed E-state index contributed by atoms with van der Waals surface area (Å²) in [4.78, 5) is 25.6. The molecule has 3 aromatic rings. The summed E-state index contributed by atoms with van der Waals surface area (Å²) < 4.78 is 21.1. The van der Waals surface area contributed by atoms with Gasteiger partial charge in [-0.15, -0.1) is 0 Å². The van der Waals surface area contributed by atoms with E-state index in [9.17, 15) is 14.0 Å². The zero-order chi connectivity index (χ0) is 24.4. The first-order valence-electron chi connectivity index (χ1n) is 11.3. The molecule has 4 aliphatic rings. The second-order valence-corrected chi connectivity index (χ2v) is 10.5. The van der Waals surface area contributed by atoms with Crippen LogP contribution in [0.1, 0.15) is 41.6 Å². The number of benzene rings is 2. The molecule has 7 nitrogen and oxygen atoms in total. The third-order valence-corrected chi connectivity index (χ3v) is 7.61. The average molecular weight is 515 g/mol. The molecule has 1 aliphatic heterocycles. The molecular weight excluding hydrogens is 494 g/mol. The number of rotatable bonds is 5. The number of fused-ring (bicyclic) bond motifs is 1. The van der Waals surface area contributed by atoms with Crippen molar-refractivity contribution in [2.45, 2.75) is 49.3 Å². The van der Waals surface area contributed by atoms with Crippen LogP contribution in [0.5, 0.6) is 5.75 Å². The number of amides is 2. The normalized spacial score (nSPS) is 26.0. The fourth-order valence-electron chi connectivity index (χ4n) is 5.46. The molecular formula is C25H21Cl2FN4O3. The number of aryl methyl sites for hydroxylation is 1. The van der Waals surface area contributed by atoms with Crippen LogP contribution < -0.4 is 15.4 Å². The summed E-state index contributed by atoms with van der Waals surface area (Å²) in [7, 11) is 0. The van der Waals surface area contributed by atoms with Gasteiger partial charge in [0.1, 0.15) is 11.6 Å². The van der Waals surface area contributed by atoms with Gasteiger partial charge in [0.15, 0.2) is 6.10 Å². The molecule has 2 N–H and O–H groups in total. The quantitative estimate of drug-likeness (QED) is 0.533. The van der Waals surface area contributed by atoms with Crippen LogP contribution in [0.4, 0.5) is 4.39 Å². The molecule has 2 amide bonds. The second kappa shape index (κ2) is 7.96. The molecule has 3 aliphatic carbocycles. The Labute approximate surface area is 210 Å². The van der Waals surface area contributed by atoms with Gasteiger partial charge in [-0.25, -0.2) is 9.07 Å². The van der Waals surface area contributed by atoms with Gasteiger partial charge in [-0.2, -0.15) is 5.10 Å². The standard InChI is InChI=1S/C25H21Cl2FN4O3/c26-16-2-6-20-14(7-16)1-5-21(35-20)23(34)31-25-11-24(12-25,13-25)30-22(33)15-9-29-32(10-15)17-3-4-18(27)19(28)8-17/h2-4,6-10,21H,1,5,11-13H2,(H,30,33)(H,31,34)/t21-,24?,25?/m1/s1. The van der Waals surface area contributed by atoms with E-state index in [1.54, 1.807) is 24.4 Å². The molecule has 3 fully saturated rings. The first-order chi connectivity index (χ1) is 16.7. The van der Waals surface area contributed by atoms with Crippen LogP contribution in [0.2, 0.25) is 10.0 Å². The van der Waals surface area contributed by atoms with Crippen molar-refractivity contribution in [3.8, 4) is 11.4 Å². The molecule has 2 bridgehead atoms. The van der Waals surface area contributed by atoms with E-state index in [0.717, 1.165) is 12.0 Å². The van der Waals surface area contributed by atoms with Crippen LogP contribution in [0, 0.1) is 5.82 Å². The van der Waals surface area contributed by atoms with Gasteiger partial charge in [0, 0.05) is 28.4 Å². The summed E-state index contributed by atoms with van der Waals surface area (Å²) in [5, 5.41) is 11.0. The van der Waals surface area contributed by atoms with E-state index >= 15 is 0 Å². The van der Waals surface area contributed by atoms with Crippen molar-refractivity contribution in [1.82, 2.24) is 20.4 Å². The molecule has 0 spiro atoms. The van der Waals surface area contributed by atoms with Gasteiger partial charge in [0.05, 0.1) is 22.5 Å². The van der Waals surface area contributed by atoms with Crippen LogP contribution in [0.25, 0.3) is 5.69 Å². The number of ether oxygens (including phenoxy) is 1. The van der Waals surface area contributed by atoms with Gasteiger partial charge >= 0.3 is 0 Å². The minimum absolute atomic E-state index is 0.0216. The molecule has 35 heavy (non-hydrogen) atoms. The van der Waals surface area contributed by atoms with Crippen molar-refractivity contribution in [3.63, 3.8) is 0 Å². The van der Waals surface area contributed by atoms with E-state index in [2.05, 4.69) is 15.7 Å². The Kier molecular flexibility index (Phi) is 5.09. The predicted molar refractivity (Wildman–Crippen MR) is 128 cm³/mol. The Balaban J connectivity index is 1.03. The lowest BCUT2D eigenvalue weighted by atomic mass is 9.44. The Morgan fingerprint density at radius 3 is 2.63 bits per heavy atom. The topological polar surface area (TPSA) is 85.2 Å². The van der Waals surface area contributed by atoms with Gasteiger partial charge in [-0.05, 0) is 68.0 Å². The molecule has 2 heterocycles. The fourth-order valence-corrected chi connectivity index (χ4v) is 5.77. The van der Waals surface area contributed by atoms with Gasteiger partial charge in [-0.1, -0.05) is 23.2 Å². The number of hydrogen-bond donors (Lipinski definition) is 2. The summed E-state index contributed by atoms with van der Waals surface area (Å²) >= 11 is 11.8. The summed E-state index contributed by atoms with van der Waals surface area (Å²) in [6, 6.07) is 9.75. The highest BCUT2D eigenvalue weighted by molar-refractivity contribution is 6.31. The minimum Gasteiger partial charge on any atom is -0.480 e. The molecule has 0 saturated heterocycles. The first kappa shape index (κ1) is 22.4. The third kappa shape index (κ3) is 3.94. The highest BCUT2D eigenvalue weighted by Gasteiger charge is 2.69. The molecule has 1 atom stereocenters. The van der Waals surface area contributed by atoms with Gasteiger partial charge in [0.25, 0.3) is 11.8 Å². The van der Waals surface area contributed by atoms with Crippen LogP contribution in [0.3, 0.4) is 0 Å². The Morgan fingerprint density at radius 2 is 1.86 bits per heavy atom. The van der Waals surface area contributed by atoms with E-state index in [1.807, 2.05) is 6.07 Å². The number of nitrogens with zero attached hydrogens (tertiary/aromatic N) is 2. The maximum absolute atomic E-state index is 13.7. The molecule has 3 saturated carbocycles. The van der Waals surface area contributed by atoms with Crippen molar-refractivity contribution >= 4 is 35.0 Å². The molecule has 0 unspecified atom stereocenters. The predicted octanol–water partition coefficient (Wildman–Crippen LogP) is 4.23. The largest absolute Gasteiger partial charge is 0.480 e. The van der Waals surface area contributed by atoms with E-state index < -0.39 is 11.9 Å². The van der Waals surface area contributed by atoms with E-state index in [0.29, 0.717) is 47.7 Å². The molecule has 2 aromatic carbocycles. The summed E-state index contributed by atoms with van der Waals surface area (Å²) in [6.45, 7) is 0. The van der Waals surface area contributed by atoms with Gasteiger partial charge in [0.2, 0.25) is 0 Å². The maximum Gasteiger partial charge on any atom is 0.261 e. The Morgan fingerprint density at radius 1 is 1.09 bits per heavy atom. The minimum atomic E-state index is -0.556. The molecule has 180 valence electrons. The van der Waals surface area contributed by atoms with Crippen LogP contribution in [0.15, 0.2) is 48.8 Å². The average Bonchev–Trinajstić information content (AvgIpc) is 3.28. The third-order valence-electron chi connectivity index (χ3n) is 7.07. The number of aromatic nitrogens is 2. The summed E-state index contributed by atoms with van der Waals surface area (Å²) in [5.41, 5.74) is 1.24. The van der Waals surface area contributed by atoms with Gasteiger partial charge in [-0.3, -0.25) is 9.59 Å². The van der Waals surface area contributed by atoms with Crippen molar-refractivity contribution in [1.29, 1.82) is 0 Å². The molecule has 1 aromatic heterocycles. The lowest BCUT2D eigenvalue weighted by Crippen LogP contribution is -2.84. The lowest BCUT2D eigenvalue weighted by Gasteiger charge is -2.70. The Bertz CT molecular complexity index is 1350. The zero-order valence-corrected chi connectivity index (χ0v) is 20.0. The molecule has 7 rings (SSSR count). The highest BCUT2D eigenvalue weighted by Crippen LogP contribution is 2.60. The van der Waals surface area contributed by atoms with Crippen molar-refractivity contribution in [2.24, 2.45) is 0 Å². The molecule has 0 radical (unpaired) electrons. The van der Waals surface area contributed by atoms with E-state index in [4.69, 9.17) is 27.9 Å². The number of carbonyl (C=O) groups excluding carboxylic acids is 2. The number of nitrogens with one attached hydrogen (secondary N) is 2. The fraction of sp³-hybridized carbons (Fsp3) is 0.320. The maximum atomic E-state index is 13.7. The lowest BCUT2D eigenvalue weighted by molar-refractivity contribution is -0.146. The first-order valence-corrected chi connectivity index (χ1v) is 12.1. The zero-order valence-electron chi connectivity index (χ0n) is 18.5. The van der Waals surface area contributed by atoms with Crippen LogP contribution in [-0.2, 0) is 11.2 Å². The van der Waals surface area contributed by atoms with Crippen molar-refractivity contribution in [3.05, 3.63) is 75.8 Å². The molecule has 10 heteroatoms. The van der Waals surface area contributed by atoms with Crippen LogP contribution in [-0.4, -0.2) is 38.8 Å². The SMILES string of the molecule is O=C(NC12CC(NC(=O)[C@H]3CCc4cc(Cl)ccc4O3)(C1)C2)c1cnn(-c2ccc(Cl)c(F)c2)c1. The number of hydrogen-bond acceptors (Lipinski definition) is 4. The van der Waals surface area contributed by atoms with Crippen molar-refractivity contribution < 1.29 is 18.7 Å². The number of halogens is 3. The highest BCUT2D eigenvalue weighted by atomic mass is 35.5. The van der Waals surface area contributed by atoms with Crippen molar-refractivity contribution in [2.75, 3.05) is 0 Å². The summed E-state index contributed by atoms with van der Waals surface area (Å²) in [5.74, 6) is -0.235. The van der Waals surface area contributed by atoms with Crippen LogP contribution >= 0.6 is 23.2 Å². The number of carbonyl (C=O) groups is 2. The smallest absolute Gasteiger partial charge is 0.261 e. The van der Waals surface area contributed by atoms with E-state index in [1.165, 1.54) is 23.0 Å². The monoisotopic (exact) mass is 514 g/mol.